The first-order valence-electron chi connectivity index (χ1n) is 6.11. The molecule has 0 aliphatic heterocycles. The minimum absolute atomic E-state index is 0.539. The van der Waals surface area contributed by atoms with E-state index in [2.05, 4.69) is 10.3 Å². The molecule has 0 saturated heterocycles. The number of hydrogen-bond donors (Lipinski definition) is 1. The van der Waals surface area contributed by atoms with Crippen LogP contribution in [0.2, 0.25) is 0 Å². The maximum atomic E-state index is 5.77. The van der Waals surface area contributed by atoms with E-state index < -0.39 is 0 Å². The molecule has 1 aliphatic carbocycles. The normalized spacial score (nSPS) is 16.5. The molecule has 1 saturated carbocycles. The van der Waals surface area contributed by atoms with E-state index in [0.717, 1.165) is 16.9 Å². The molecule has 1 fully saturated rings. The lowest BCUT2D eigenvalue weighted by Crippen LogP contribution is -2.04. The highest BCUT2D eigenvalue weighted by atomic mass is 15.4. The molecule has 3 rings (SSSR count). The second-order valence-electron chi connectivity index (χ2n) is 4.65. The predicted octanol–water partition coefficient (Wildman–Crippen LogP) is 2.64. The van der Waals surface area contributed by atoms with Gasteiger partial charge in [-0.3, -0.25) is 0 Å². The van der Waals surface area contributed by atoms with Crippen LogP contribution in [0.1, 0.15) is 31.7 Å². The minimum Gasteiger partial charge on any atom is -0.399 e. The number of nitrogens with zero attached hydrogens (tertiary/aromatic N) is 3. The summed E-state index contributed by atoms with van der Waals surface area (Å²) < 4.78 is 2.01. The molecule has 1 aromatic heterocycles. The van der Waals surface area contributed by atoms with Crippen molar-refractivity contribution in [2.24, 2.45) is 0 Å². The van der Waals surface area contributed by atoms with Crippen molar-refractivity contribution in [2.75, 3.05) is 5.73 Å². The highest BCUT2D eigenvalue weighted by Gasteiger charge is 2.18. The molecule has 0 atom stereocenters. The zero-order valence-electron chi connectivity index (χ0n) is 9.71. The van der Waals surface area contributed by atoms with Gasteiger partial charge in [-0.15, -0.1) is 5.10 Å². The summed E-state index contributed by atoms with van der Waals surface area (Å²) in [5.74, 6) is 0. The van der Waals surface area contributed by atoms with Gasteiger partial charge < -0.3 is 5.73 Å². The highest BCUT2D eigenvalue weighted by Crippen LogP contribution is 2.29. The lowest BCUT2D eigenvalue weighted by atomic mass is 10.1. The van der Waals surface area contributed by atoms with Crippen LogP contribution in [0.5, 0.6) is 0 Å². The number of nitrogens with two attached hydrogens (primary N) is 1. The summed E-state index contributed by atoms with van der Waals surface area (Å²) >= 11 is 0. The van der Waals surface area contributed by atoms with Gasteiger partial charge in [0.05, 0.1) is 12.2 Å². The second-order valence-corrected chi connectivity index (χ2v) is 4.65. The molecule has 0 unspecified atom stereocenters. The fourth-order valence-electron chi connectivity index (χ4n) is 2.45. The Hall–Kier alpha value is -1.84. The average Bonchev–Trinajstić information content (AvgIpc) is 3.00. The van der Waals surface area contributed by atoms with Crippen molar-refractivity contribution < 1.29 is 0 Å². The number of nitrogen functional groups attached to an aromatic ring is 1. The van der Waals surface area contributed by atoms with Crippen LogP contribution < -0.4 is 5.73 Å². The van der Waals surface area contributed by atoms with Gasteiger partial charge in [-0.25, -0.2) is 4.68 Å². The van der Waals surface area contributed by atoms with Crippen LogP contribution in [0.15, 0.2) is 30.5 Å². The summed E-state index contributed by atoms with van der Waals surface area (Å²) in [4.78, 5) is 0. The van der Waals surface area contributed by atoms with Crippen molar-refractivity contribution in [1.29, 1.82) is 0 Å². The van der Waals surface area contributed by atoms with Crippen LogP contribution in [0.4, 0.5) is 5.69 Å². The molecule has 0 radical (unpaired) electrons. The van der Waals surface area contributed by atoms with Crippen LogP contribution in [0, 0.1) is 0 Å². The fourth-order valence-corrected chi connectivity index (χ4v) is 2.45. The molecule has 4 heteroatoms. The number of aromatic nitrogens is 3. The molecule has 0 bridgehead atoms. The van der Waals surface area contributed by atoms with Crippen LogP contribution in [-0.4, -0.2) is 15.0 Å². The van der Waals surface area contributed by atoms with E-state index in [0.29, 0.717) is 6.04 Å². The number of benzene rings is 1. The molecule has 2 N–H and O–H groups in total. The summed E-state index contributed by atoms with van der Waals surface area (Å²) in [6.45, 7) is 0. The number of rotatable bonds is 2. The van der Waals surface area contributed by atoms with Gasteiger partial charge in [-0.05, 0) is 25.0 Å². The van der Waals surface area contributed by atoms with E-state index in [-0.39, 0.29) is 0 Å². The topological polar surface area (TPSA) is 56.7 Å². The molecule has 0 amide bonds. The summed E-state index contributed by atoms with van der Waals surface area (Å²) in [5, 5.41) is 8.46. The Morgan fingerprint density at radius 3 is 2.82 bits per heavy atom. The Bertz CT molecular complexity index is 512. The Balaban J connectivity index is 1.89. The first kappa shape index (κ1) is 10.3. The molecule has 0 spiro atoms. The minimum atomic E-state index is 0.539. The summed E-state index contributed by atoms with van der Waals surface area (Å²) in [7, 11) is 0. The van der Waals surface area contributed by atoms with Crippen molar-refractivity contribution in [1.82, 2.24) is 15.0 Å². The Morgan fingerprint density at radius 1 is 1.24 bits per heavy atom. The molecule has 1 aromatic carbocycles. The van der Waals surface area contributed by atoms with Gasteiger partial charge in [0.25, 0.3) is 0 Å². The average molecular weight is 228 g/mol. The van der Waals surface area contributed by atoms with Crippen molar-refractivity contribution in [3.05, 3.63) is 30.5 Å². The van der Waals surface area contributed by atoms with Crippen molar-refractivity contribution in [2.45, 2.75) is 31.7 Å². The molecule has 88 valence electrons. The van der Waals surface area contributed by atoms with Crippen molar-refractivity contribution in [3.8, 4) is 11.3 Å². The molecule has 17 heavy (non-hydrogen) atoms. The largest absolute Gasteiger partial charge is 0.399 e. The standard InChI is InChI=1S/C13H16N4/c14-11-5-3-4-10(8-11)13-9-17(16-15-13)12-6-1-2-7-12/h3-5,8-9,12H,1-2,6-7,14H2. The molecule has 1 heterocycles. The van der Waals surface area contributed by atoms with E-state index in [4.69, 9.17) is 5.73 Å². The monoisotopic (exact) mass is 228 g/mol. The first-order valence-corrected chi connectivity index (χ1v) is 6.11. The number of anilines is 1. The molecule has 1 aliphatic rings. The van der Waals surface area contributed by atoms with Gasteiger partial charge in [0.1, 0.15) is 5.69 Å². The molecule has 2 aromatic rings. The third-order valence-corrected chi connectivity index (χ3v) is 3.39. The van der Waals surface area contributed by atoms with E-state index in [1.54, 1.807) is 0 Å². The van der Waals surface area contributed by atoms with Crippen LogP contribution in [-0.2, 0) is 0 Å². The second kappa shape index (κ2) is 4.20. The fraction of sp³-hybridized carbons (Fsp3) is 0.385. The SMILES string of the molecule is Nc1cccc(-c2cn(C3CCCC3)nn2)c1. The zero-order chi connectivity index (χ0) is 11.7. The maximum Gasteiger partial charge on any atom is 0.113 e. The van der Waals surface area contributed by atoms with Gasteiger partial charge in [-0.2, -0.15) is 0 Å². The molecular weight excluding hydrogens is 212 g/mol. The lowest BCUT2D eigenvalue weighted by Gasteiger charge is -2.06. The van der Waals surface area contributed by atoms with E-state index in [1.807, 2.05) is 35.1 Å². The molecular formula is C13H16N4. The maximum absolute atomic E-state index is 5.77. The van der Waals surface area contributed by atoms with Crippen LogP contribution >= 0.6 is 0 Å². The Labute approximate surface area is 100 Å². The summed E-state index contributed by atoms with van der Waals surface area (Å²) in [6.07, 6.45) is 7.08. The third-order valence-electron chi connectivity index (χ3n) is 3.39. The zero-order valence-corrected chi connectivity index (χ0v) is 9.71. The highest BCUT2D eigenvalue weighted by molar-refractivity contribution is 5.62. The summed E-state index contributed by atoms with van der Waals surface area (Å²) in [6, 6.07) is 8.31. The summed E-state index contributed by atoms with van der Waals surface area (Å²) in [5.41, 5.74) is 8.47. The Kier molecular flexibility index (Phi) is 2.55. The van der Waals surface area contributed by atoms with Crippen molar-refractivity contribution in [3.63, 3.8) is 0 Å². The van der Waals surface area contributed by atoms with Crippen LogP contribution in [0.25, 0.3) is 11.3 Å². The van der Waals surface area contributed by atoms with E-state index in [9.17, 15) is 0 Å². The van der Waals surface area contributed by atoms with Gasteiger partial charge in [-0.1, -0.05) is 30.2 Å². The quantitative estimate of drug-likeness (QED) is 0.804. The van der Waals surface area contributed by atoms with Gasteiger partial charge in [0, 0.05) is 11.3 Å². The Morgan fingerprint density at radius 2 is 2.06 bits per heavy atom. The van der Waals surface area contributed by atoms with Crippen molar-refractivity contribution >= 4 is 5.69 Å². The van der Waals surface area contributed by atoms with Gasteiger partial charge in [0.2, 0.25) is 0 Å². The van der Waals surface area contributed by atoms with E-state index in [1.165, 1.54) is 25.7 Å². The lowest BCUT2D eigenvalue weighted by molar-refractivity contribution is 0.454. The predicted molar refractivity (Wildman–Crippen MR) is 67.4 cm³/mol. The first-order chi connectivity index (χ1) is 8.33. The molecule has 4 nitrogen and oxygen atoms in total. The third kappa shape index (κ3) is 2.02. The van der Waals surface area contributed by atoms with Gasteiger partial charge >= 0.3 is 0 Å². The van der Waals surface area contributed by atoms with Crippen LogP contribution in [0.3, 0.4) is 0 Å². The van der Waals surface area contributed by atoms with Gasteiger partial charge in [0.15, 0.2) is 0 Å². The smallest absolute Gasteiger partial charge is 0.113 e. The number of hydrogen-bond acceptors (Lipinski definition) is 3. The van der Waals surface area contributed by atoms with E-state index >= 15 is 0 Å².